The molecular weight excluding hydrogens is 365 g/mol. The predicted octanol–water partition coefficient (Wildman–Crippen LogP) is 3.59. The molecule has 1 amide bonds. The van der Waals surface area contributed by atoms with E-state index in [9.17, 15) is 18.0 Å². The normalized spacial score (nSPS) is 43.2. The molecule has 1 aromatic rings. The van der Waals surface area contributed by atoms with Crippen molar-refractivity contribution in [3.05, 3.63) is 35.9 Å². The zero-order valence-corrected chi connectivity index (χ0v) is 15.9. The second-order valence-electron chi connectivity index (χ2n) is 9.73. The van der Waals surface area contributed by atoms with Crippen molar-refractivity contribution in [2.45, 2.75) is 55.9 Å². The standard InChI is InChI=1S/C22H27F3N2O/c23-13-20-9-15-8-19(11-20,16-4-2-1-3-5-16)12-21(20,10-15)18(28)27-17-6-7-26-14-22(17,24)25/h1-5,15,17,26H,6-14H2,(H,27,28)/t15?,17?,19-,20-,21?/m1/s1. The van der Waals surface area contributed by atoms with Crippen LogP contribution in [0.2, 0.25) is 0 Å². The third-order valence-corrected chi connectivity index (χ3v) is 8.19. The first-order chi connectivity index (χ1) is 13.3. The van der Waals surface area contributed by atoms with E-state index in [1.165, 1.54) is 5.56 Å². The van der Waals surface area contributed by atoms with E-state index < -0.39 is 36.0 Å². The van der Waals surface area contributed by atoms with Gasteiger partial charge in [-0.15, -0.1) is 0 Å². The minimum atomic E-state index is -2.97. The Morgan fingerprint density at radius 3 is 2.64 bits per heavy atom. The summed E-state index contributed by atoms with van der Waals surface area (Å²) in [5, 5.41) is 5.38. The van der Waals surface area contributed by atoms with E-state index in [0.717, 1.165) is 6.42 Å². The molecule has 1 saturated heterocycles. The molecule has 2 N–H and O–H groups in total. The topological polar surface area (TPSA) is 41.1 Å². The second-order valence-corrected chi connectivity index (χ2v) is 9.73. The van der Waals surface area contributed by atoms with Crippen LogP contribution < -0.4 is 10.6 Å². The summed E-state index contributed by atoms with van der Waals surface area (Å²) in [5.74, 6) is -3.02. The first-order valence-corrected chi connectivity index (χ1v) is 10.4. The molecule has 152 valence electrons. The maximum absolute atomic E-state index is 14.5. The van der Waals surface area contributed by atoms with E-state index in [4.69, 9.17) is 0 Å². The van der Waals surface area contributed by atoms with E-state index in [1.807, 2.05) is 18.2 Å². The molecule has 5 fully saturated rings. The largest absolute Gasteiger partial charge is 0.347 e. The van der Waals surface area contributed by atoms with Gasteiger partial charge < -0.3 is 10.6 Å². The van der Waals surface area contributed by atoms with Gasteiger partial charge in [0, 0.05) is 5.41 Å². The number of halogens is 3. The molecule has 3 nitrogen and oxygen atoms in total. The molecule has 3 unspecified atom stereocenters. The molecular formula is C22H27F3N2O. The van der Waals surface area contributed by atoms with Crippen molar-refractivity contribution in [1.29, 1.82) is 0 Å². The van der Waals surface area contributed by atoms with Gasteiger partial charge in [0.15, 0.2) is 0 Å². The number of alkyl halides is 3. The fraction of sp³-hybridized carbons (Fsp3) is 0.682. The van der Waals surface area contributed by atoms with Crippen molar-refractivity contribution in [1.82, 2.24) is 10.6 Å². The van der Waals surface area contributed by atoms with Gasteiger partial charge in [-0.1, -0.05) is 30.3 Å². The zero-order valence-electron chi connectivity index (χ0n) is 15.9. The van der Waals surface area contributed by atoms with Gasteiger partial charge in [0.05, 0.1) is 24.7 Å². The molecule has 6 heteroatoms. The lowest BCUT2D eigenvalue weighted by Crippen LogP contribution is -2.60. The Morgan fingerprint density at radius 2 is 1.93 bits per heavy atom. The van der Waals surface area contributed by atoms with Gasteiger partial charge in [-0.3, -0.25) is 9.18 Å². The Labute approximate surface area is 163 Å². The van der Waals surface area contributed by atoms with Gasteiger partial charge in [0.1, 0.15) is 0 Å². The van der Waals surface area contributed by atoms with Crippen LogP contribution in [-0.4, -0.2) is 37.6 Å². The highest BCUT2D eigenvalue weighted by Crippen LogP contribution is 2.76. The average Bonchev–Trinajstić information content (AvgIpc) is 3.04. The highest BCUT2D eigenvalue weighted by molar-refractivity contribution is 5.86. The summed E-state index contributed by atoms with van der Waals surface area (Å²) in [6.45, 7) is -0.512. The number of rotatable bonds is 4. The van der Waals surface area contributed by atoms with Crippen molar-refractivity contribution in [2.75, 3.05) is 19.8 Å². The number of benzene rings is 1. The average molecular weight is 392 g/mol. The maximum Gasteiger partial charge on any atom is 0.280 e. The second kappa shape index (κ2) is 5.97. The molecule has 28 heavy (non-hydrogen) atoms. The van der Waals surface area contributed by atoms with Crippen LogP contribution in [0.15, 0.2) is 30.3 Å². The lowest BCUT2D eigenvalue weighted by molar-refractivity contribution is -0.142. The number of amides is 1. The van der Waals surface area contributed by atoms with Crippen LogP contribution in [0, 0.1) is 16.7 Å². The van der Waals surface area contributed by atoms with Crippen LogP contribution in [0.5, 0.6) is 0 Å². The SMILES string of the molecule is O=C(NC1CCNCC1(F)F)C12CC3C[C@](c4ccccc4)(C1)C[C@@]2(CF)C3. The first-order valence-electron chi connectivity index (χ1n) is 10.4. The third-order valence-electron chi connectivity index (χ3n) is 8.19. The first kappa shape index (κ1) is 18.5. The summed E-state index contributed by atoms with van der Waals surface area (Å²) >= 11 is 0. The molecule has 4 saturated carbocycles. The molecule has 0 spiro atoms. The van der Waals surface area contributed by atoms with Gasteiger partial charge in [-0.2, -0.15) is 0 Å². The van der Waals surface area contributed by atoms with E-state index >= 15 is 0 Å². The number of nitrogens with one attached hydrogen (secondary N) is 2. The lowest BCUT2D eigenvalue weighted by Gasteiger charge is -2.41. The Morgan fingerprint density at radius 1 is 1.14 bits per heavy atom. The molecule has 0 aromatic heterocycles. The monoisotopic (exact) mass is 392 g/mol. The molecule has 1 heterocycles. The van der Waals surface area contributed by atoms with Gasteiger partial charge >= 0.3 is 0 Å². The molecule has 0 radical (unpaired) electrons. The molecule has 6 rings (SSSR count). The molecule has 4 aliphatic carbocycles. The van der Waals surface area contributed by atoms with Gasteiger partial charge in [-0.05, 0) is 62.0 Å². The number of carbonyl (C=O) groups excluding carboxylic acids is 1. The summed E-state index contributed by atoms with van der Waals surface area (Å²) < 4.78 is 43.1. The van der Waals surface area contributed by atoms with E-state index in [2.05, 4.69) is 22.8 Å². The van der Waals surface area contributed by atoms with Crippen molar-refractivity contribution >= 4 is 5.91 Å². The molecule has 5 aliphatic rings. The van der Waals surface area contributed by atoms with Crippen LogP contribution in [-0.2, 0) is 10.2 Å². The van der Waals surface area contributed by atoms with E-state index in [0.29, 0.717) is 32.2 Å². The Kier molecular flexibility index (Phi) is 3.94. The number of piperidine rings is 1. The molecule has 4 bridgehead atoms. The maximum atomic E-state index is 14.5. The zero-order chi connectivity index (χ0) is 19.6. The number of hydrogen-bond acceptors (Lipinski definition) is 2. The summed E-state index contributed by atoms with van der Waals surface area (Å²) in [5.41, 5.74) is -0.610. The van der Waals surface area contributed by atoms with Crippen LogP contribution in [0.4, 0.5) is 13.2 Å². The summed E-state index contributed by atoms with van der Waals surface area (Å²) in [6, 6.07) is 8.92. The fourth-order valence-corrected chi connectivity index (χ4v) is 7.23. The van der Waals surface area contributed by atoms with Crippen molar-refractivity contribution < 1.29 is 18.0 Å². The minimum Gasteiger partial charge on any atom is -0.347 e. The number of hydrogen-bond donors (Lipinski definition) is 2. The van der Waals surface area contributed by atoms with Crippen LogP contribution in [0.1, 0.15) is 44.1 Å². The van der Waals surface area contributed by atoms with Crippen LogP contribution in [0.25, 0.3) is 0 Å². The van der Waals surface area contributed by atoms with Gasteiger partial charge in [-0.25, -0.2) is 8.78 Å². The van der Waals surface area contributed by atoms with Crippen molar-refractivity contribution in [2.24, 2.45) is 16.7 Å². The smallest absolute Gasteiger partial charge is 0.280 e. The Bertz CT molecular complexity index is 787. The summed E-state index contributed by atoms with van der Waals surface area (Å²) in [7, 11) is 0. The van der Waals surface area contributed by atoms with Gasteiger partial charge in [0.2, 0.25) is 5.91 Å². The highest BCUT2D eigenvalue weighted by atomic mass is 19.3. The summed E-state index contributed by atoms with van der Waals surface area (Å²) in [6.07, 6.45) is 3.73. The van der Waals surface area contributed by atoms with Gasteiger partial charge in [0.25, 0.3) is 5.92 Å². The van der Waals surface area contributed by atoms with E-state index in [-0.39, 0.29) is 23.7 Å². The minimum absolute atomic E-state index is 0.199. The summed E-state index contributed by atoms with van der Waals surface area (Å²) in [4.78, 5) is 13.5. The van der Waals surface area contributed by atoms with Crippen LogP contribution in [0.3, 0.4) is 0 Å². The number of carbonyl (C=O) groups is 1. The third kappa shape index (κ3) is 2.36. The highest BCUT2D eigenvalue weighted by Gasteiger charge is 2.74. The predicted molar refractivity (Wildman–Crippen MR) is 99.9 cm³/mol. The molecule has 5 atom stereocenters. The lowest BCUT2D eigenvalue weighted by atomic mass is 9.63. The van der Waals surface area contributed by atoms with Crippen LogP contribution >= 0.6 is 0 Å². The van der Waals surface area contributed by atoms with Crippen molar-refractivity contribution in [3.8, 4) is 0 Å². The quantitative estimate of drug-likeness (QED) is 0.822. The fourth-order valence-electron chi connectivity index (χ4n) is 7.23. The molecule has 1 aliphatic heterocycles. The Hall–Kier alpha value is -1.56. The van der Waals surface area contributed by atoms with E-state index in [1.54, 1.807) is 0 Å². The molecule has 1 aromatic carbocycles. The Balaban J connectivity index is 1.49. The van der Waals surface area contributed by atoms with Crippen molar-refractivity contribution in [3.63, 3.8) is 0 Å².